The van der Waals surface area contributed by atoms with Crippen LogP contribution in [0.5, 0.6) is 5.75 Å². The maximum Gasteiger partial charge on any atom is 0.251 e. The Bertz CT molecular complexity index is 2360. The minimum absolute atomic E-state index is 0.00264. The van der Waals surface area contributed by atoms with E-state index >= 15 is 0 Å². The number of nitrogens with one attached hydrogen (secondary N) is 4. The molecule has 4 aromatic rings. The third kappa shape index (κ3) is 11.9. The van der Waals surface area contributed by atoms with Crippen LogP contribution in [0.15, 0.2) is 72.2 Å². The van der Waals surface area contributed by atoms with E-state index in [9.17, 15) is 29.5 Å². The number of nitrogens with zero attached hydrogens (tertiary/aromatic N) is 3. The molecule has 16 heteroatoms. The molecule has 352 valence electrons. The smallest absolute Gasteiger partial charge is 0.251 e. The summed E-state index contributed by atoms with van der Waals surface area (Å²) in [4.78, 5) is 60.2. The number of hydrogen-bond acceptors (Lipinski definition) is 11. The number of unbranched alkanes of at least 4 members (excludes halogenated alkanes) is 2. The van der Waals surface area contributed by atoms with Crippen molar-refractivity contribution in [1.29, 1.82) is 5.26 Å². The first-order valence-corrected chi connectivity index (χ1v) is 23.8. The number of aryl methyl sites for hydroxylation is 1. The molecule has 66 heavy (non-hydrogen) atoms. The van der Waals surface area contributed by atoms with Gasteiger partial charge in [0.05, 0.1) is 32.8 Å². The number of carbonyl (C=O) groups excluding carboxylic acids is 4. The maximum absolute atomic E-state index is 13.8. The van der Waals surface area contributed by atoms with E-state index in [1.165, 1.54) is 4.90 Å². The molecule has 1 saturated heterocycles. The van der Waals surface area contributed by atoms with Gasteiger partial charge in [-0.3, -0.25) is 19.2 Å². The lowest BCUT2D eigenvalue weighted by Crippen LogP contribution is -2.74. The highest BCUT2D eigenvalue weighted by atomic mass is 35.5. The molecule has 0 bridgehead atoms. The van der Waals surface area contributed by atoms with Gasteiger partial charge in [-0.05, 0) is 79.6 Å². The number of anilines is 1. The number of hydrogen-bond donors (Lipinski definition) is 5. The molecule has 4 amide bonds. The molecule has 0 radical (unpaired) electrons. The van der Waals surface area contributed by atoms with E-state index in [2.05, 4.69) is 60.0 Å². The Hall–Kier alpha value is -5.53. The lowest BCUT2D eigenvalue weighted by molar-refractivity contribution is -0.164. The number of aliphatic hydroxyl groups is 1. The second kappa shape index (κ2) is 21.8. The van der Waals surface area contributed by atoms with Crippen molar-refractivity contribution in [3.05, 3.63) is 99.6 Å². The number of aliphatic hydroxyl groups excluding tert-OH is 1. The summed E-state index contributed by atoms with van der Waals surface area (Å²) in [6.07, 6.45) is 1.51. The molecule has 1 aromatic heterocycles. The molecular weight excluding hydrogens is 878 g/mol. The fourth-order valence-electron chi connectivity index (χ4n) is 9.33. The summed E-state index contributed by atoms with van der Waals surface area (Å²) in [5.41, 5.74) is 5.82. The van der Waals surface area contributed by atoms with Crippen LogP contribution in [0.2, 0.25) is 5.02 Å². The van der Waals surface area contributed by atoms with Crippen molar-refractivity contribution in [3.63, 3.8) is 0 Å². The van der Waals surface area contributed by atoms with Crippen LogP contribution in [-0.2, 0) is 25.7 Å². The average molecular weight is 941 g/mol. The summed E-state index contributed by atoms with van der Waals surface area (Å²) >= 11 is 7.81. The van der Waals surface area contributed by atoms with Gasteiger partial charge in [0.25, 0.3) is 5.91 Å². The lowest BCUT2D eigenvalue weighted by Gasteiger charge is -2.63. The fourth-order valence-corrected chi connectivity index (χ4v) is 10.4. The Morgan fingerprint density at radius 3 is 2.35 bits per heavy atom. The molecule has 14 nitrogen and oxygen atoms in total. The number of rotatable bonds is 20. The van der Waals surface area contributed by atoms with E-state index < -0.39 is 30.0 Å². The van der Waals surface area contributed by atoms with Crippen LogP contribution in [0, 0.1) is 35.0 Å². The van der Waals surface area contributed by atoms with Gasteiger partial charge in [-0.1, -0.05) is 77.4 Å². The van der Waals surface area contributed by atoms with Gasteiger partial charge in [0, 0.05) is 66.9 Å². The molecule has 1 aliphatic carbocycles. The summed E-state index contributed by atoms with van der Waals surface area (Å²) in [5.74, 6) is -1.06. The van der Waals surface area contributed by atoms with Crippen molar-refractivity contribution >= 4 is 52.3 Å². The number of amides is 4. The standard InChI is InChI=1S/C50H62ClN7O7S/c1-30(2)42(46(63)58-27-37(59)23-40(58)45(62)54-26-32-11-13-33(14-12-32)43-31(3)55-29-66-43)56-41(60)28-64-22-10-8-9-21-53-36-18-15-34(16-19-36)44(61)57-47-49(4,5)48(50(47,6)7)65-38-20-17-35(25-52)39(51)24-38/h11-20,24,29-30,37,40,42,47-48,53,59H,8-10,21-23,26-28H2,1-7H3,(H,54,62)(H,56,60)(H,57,61)/t37-,40+,42+,47-,48-/m1/s1. The molecule has 3 atom stereocenters. The quantitative estimate of drug-likeness (QED) is 0.0563. The van der Waals surface area contributed by atoms with Crippen LogP contribution < -0.4 is 26.0 Å². The number of benzene rings is 3. The highest BCUT2D eigenvalue weighted by molar-refractivity contribution is 7.13. The van der Waals surface area contributed by atoms with E-state index in [0.29, 0.717) is 35.1 Å². The molecule has 0 unspecified atom stereocenters. The Kier molecular flexibility index (Phi) is 16.5. The number of likely N-dealkylation sites (tertiary alicyclic amines) is 1. The predicted molar refractivity (Wildman–Crippen MR) is 256 cm³/mol. The molecule has 2 fully saturated rings. The summed E-state index contributed by atoms with van der Waals surface area (Å²) in [6, 6.07) is 20.4. The summed E-state index contributed by atoms with van der Waals surface area (Å²) < 4.78 is 12.0. The van der Waals surface area contributed by atoms with E-state index in [-0.39, 0.29) is 66.8 Å². The lowest BCUT2D eigenvalue weighted by atomic mass is 9.49. The fraction of sp³-hybridized carbons (Fsp3) is 0.480. The second-order valence-electron chi connectivity index (χ2n) is 18.8. The number of β-amino-alcohol motifs (C(OH)–C–C–N with tert-alkyl or cyclic N) is 1. The van der Waals surface area contributed by atoms with Crippen molar-refractivity contribution in [2.75, 3.05) is 31.6 Å². The molecule has 1 aliphatic heterocycles. The summed E-state index contributed by atoms with van der Waals surface area (Å²) in [7, 11) is 0. The van der Waals surface area contributed by atoms with Gasteiger partial charge in [0.15, 0.2) is 0 Å². The number of nitriles is 1. The van der Waals surface area contributed by atoms with Crippen molar-refractivity contribution in [1.82, 2.24) is 25.8 Å². The third-order valence-electron chi connectivity index (χ3n) is 12.6. The molecular formula is C50H62ClN7O7S. The van der Waals surface area contributed by atoms with E-state index in [1.54, 1.807) is 41.7 Å². The molecule has 1 saturated carbocycles. The van der Waals surface area contributed by atoms with Gasteiger partial charge in [0.2, 0.25) is 17.7 Å². The number of thiazole rings is 1. The number of aromatic nitrogens is 1. The zero-order valence-electron chi connectivity index (χ0n) is 38.8. The van der Waals surface area contributed by atoms with Gasteiger partial charge in [-0.15, -0.1) is 11.3 Å². The van der Waals surface area contributed by atoms with Gasteiger partial charge in [0.1, 0.15) is 36.6 Å². The normalized spacial score (nSPS) is 19.9. The minimum Gasteiger partial charge on any atom is -0.489 e. The second-order valence-corrected chi connectivity index (χ2v) is 20.0. The van der Waals surface area contributed by atoms with Crippen molar-refractivity contribution in [3.8, 4) is 22.3 Å². The Balaban J connectivity index is 0.864. The van der Waals surface area contributed by atoms with Gasteiger partial charge >= 0.3 is 0 Å². The van der Waals surface area contributed by atoms with Crippen LogP contribution in [0.3, 0.4) is 0 Å². The predicted octanol–water partition coefficient (Wildman–Crippen LogP) is 7.27. The zero-order chi connectivity index (χ0) is 47.8. The monoisotopic (exact) mass is 939 g/mol. The highest BCUT2D eigenvalue weighted by Crippen LogP contribution is 2.55. The summed E-state index contributed by atoms with van der Waals surface area (Å²) in [5, 5.41) is 32.4. The van der Waals surface area contributed by atoms with E-state index in [4.69, 9.17) is 21.1 Å². The molecule has 2 aliphatic rings. The van der Waals surface area contributed by atoms with Crippen LogP contribution in [-0.4, -0.2) is 95.3 Å². The van der Waals surface area contributed by atoms with Crippen LogP contribution in [0.4, 0.5) is 5.69 Å². The molecule has 0 spiro atoms. The molecule has 3 aromatic carbocycles. The summed E-state index contributed by atoms with van der Waals surface area (Å²) in [6.45, 7) is 15.0. The Labute approximate surface area is 396 Å². The molecule has 6 rings (SSSR count). The zero-order valence-corrected chi connectivity index (χ0v) is 40.4. The van der Waals surface area contributed by atoms with Crippen molar-refractivity contribution < 1.29 is 33.8 Å². The minimum atomic E-state index is -0.892. The van der Waals surface area contributed by atoms with Crippen molar-refractivity contribution in [2.45, 2.75) is 111 Å². The molecule has 5 N–H and O–H groups in total. The van der Waals surface area contributed by atoms with Gasteiger partial charge in [-0.2, -0.15) is 5.26 Å². The average Bonchev–Trinajstić information content (AvgIpc) is 3.91. The van der Waals surface area contributed by atoms with Crippen LogP contribution in [0.25, 0.3) is 10.4 Å². The maximum atomic E-state index is 13.8. The molecule has 2 heterocycles. The van der Waals surface area contributed by atoms with Gasteiger partial charge in [-0.25, -0.2) is 4.98 Å². The first kappa shape index (κ1) is 49.9. The van der Waals surface area contributed by atoms with Crippen LogP contribution in [0.1, 0.15) is 94.4 Å². The third-order valence-corrected chi connectivity index (χ3v) is 13.9. The number of carbonyl (C=O) groups is 4. The largest absolute Gasteiger partial charge is 0.489 e. The Morgan fingerprint density at radius 2 is 1.71 bits per heavy atom. The first-order valence-electron chi connectivity index (χ1n) is 22.5. The first-order chi connectivity index (χ1) is 31.4. The number of ether oxygens (including phenoxy) is 2. The Morgan fingerprint density at radius 1 is 1.00 bits per heavy atom. The SMILES string of the molecule is Cc1ncsc1-c1ccc(CNC(=O)[C@@H]2C[C@@H](O)CN2C(=O)[C@@H](NC(=O)COCCCCCNc2ccc(C(=O)N[C@H]3C(C)(C)[C@H](Oc4ccc(C#N)c(Cl)c4)C3(C)C)cc2)C(C)C)cc1. The topological polar surface area (TPSA) is 195 Å². The van der Waals surface area contributed by atoms with Crippen molar-refractivity contribution in [2.24, 2.45) is 16.7 Å². The van der Waals surface area contributed by atoms with Crippen LogP contribution >= 0.6 is 22.9 Å². The highest BCUT2D eigenvalue weighted by Gasteiger charge is 2.64. The number of halogens is 1. The van der Waals surface area contributed by atoms with E-state index in [0.717, 1.165) is 46.6 Å². The van der Waals surface area contributed by atoms with Gasteiger partial charge < -0.3 is 40.7 Å². The van der Waals surface area contributed by atoms with E-state index in [1.807, 2.05) is 62.7 Å².